The van der Waals surface area contributed by atoms with E-state index in [2.05, 4.69) is 5.32 Å². The predicted octanol–water partition coefficient (Wildman–Crippen LogP) is 2.93. The number of halogens is 3. The lowest BCUT2D eigenvalue weighted by molar-refractivity contribution is 0.0934. The largest absolute Gasteiger partial charge is 0.384 e. The van der Waals surface area contributed by atoms with Crippen LogP contribution < -0.4 is 5.32 Å². The van der Waals surface area contributed by atoms with Gasteiger partial charge in [0.05, 0.1) is 17.2 Å². The highest BCUT2D eigenvalue weighted by Crippen LogP contribution is 2.31. The minimum Gasteiger partial charge on any atom is -0.384 e. The van der Waals surface area contributed by atoms with Crippen molar-refractivity contribution in [2.75, 3.05) is 20.3 Å². The molecule has 0 fully saturated rings. The molecular weight excluding hydrogens is 361 g/mol. The van der Waals surface area contributed by atoms with Gasteiger partial charge in [-0.3, -0.25) is 4.79 Å². The van der Waals surface area contributed by atoms with Gasteiger partial charge in [-0.15, -0.1) is 0 Å². The molecule has 0 aliphatic carbocycles. The number of hydrogen-bond donors (Lipinski definition) is 1. The van der Waals surface area contributed by atoms with Gasteiger partial charge in [0.2, 0.25) is 0 Å². The Kier molecular flexibility index (Phi) is 6.74. The fourth-order valence-corrected chi connectivity index (χ4v) is 3.47. The standard InChI is InChI=1S/C12H14Cl3NO4S/c1-7(6-20-2)5-16-12(17)9-3-8(13)4-10(11(9)14)21(15,18)19/h3-4,7H,5-6H2,1-2H3,(H,16,17). The van der Waals surface area contributed by atoms with Crippen LogP contribution in [0.25, 0.3) is 0 Å². The molecule has 118 valence electrons. The summed E-state index contributed by atoms with van der Waals surface area (Å²) in [5, 5.41) is 2.42. The lowest BCUT2D eigenvalue weighted by Gasteiger charge is -2.13. The zero-order valence-electron chi connectivity index (χ0n) is 11.3. The zero-order valence-corrected chi connectivity index (χ0v) is 14.4. The summed E-state index contributed by atoms with van der Waals surface area (Å²) in [7, 11) is 2.73. The first-order valence-corrected chi connectivity index (χ1v) is 8.94. The summed E-state index contributed by atoms with van der Waals surface area (Å²) >= 11 is 11.7. The molecule has 1 unspecified atom stereocenters. The Bertz CT molecular complexity index is 634. The van der Waals surface area contributed by atoms with Gasteiger partial charge < -0.3 is 10.1 Å². The minimum atomic E-state index is -4.10. The monoisotopic (exact) mass is 373 g/mol. The molecule has 0 aliphatic rings. The third kappa shape index (κ3) is 5.30. The van der Waals surface area contributed by atoms with Gasteiger partial charge in [-0.05, 0) is 18.1 Å². The zero-order chi connectivity index (χ0) is 16.2. The molecule has 0 aromatic heterocycles. The summed E-state index contributed by atoms with van der Waals surface area (Å²) in [5.41, 5.74) is -0.0481. The van der Waals surface area contributed by atoms with Gasteiger partial charge in [0.1, 0.15) is 4.90 Å². The molecule has 1 N–H and O–H groups in total. The Balaban J connectivity index is 3.03. The molecule has 1 atom stereocenters. The molecule has 5 nitrogen and oxygen atoms in total. The van der Waals surface area contributed by atoms with Crippen molar-refractivity contribution >= 4 is 48.8 Å². The summed E-state index contributed by atoms with van der Waals surface area (Å²) in [5.74, 6) is -0.444. The Morgan fingerprint density at radius 1 is 1.38 bits per heavy atom. The second kappa shape index (κ2) is 7.65. The van der Waals surface area contributed by atoms with Crippen molar-refractivity contribution in [2.45, 2.75) is 11.8 Å². The molecule has 0 saturated carbocycles. The first kappa shape index (κ1) is 18.5. The van der Waals surface area contributed by atoms with Crippen molar-refractivity contribution in [3.8, 4) is 0 Å². The fourth-order valence-electron chi connectivity index (χ4n) is 1.61. The molecule has 0 saturated heterocycles. The maximum atomic E-state index is 12.1. The molecule has 9 heteroatoms. The molecule has 0 aliphatic heterocycles. The van der Waals surface area contributed by atoms with Gasteiger partial charge in [0, 0.05) is 29.4 Å². The number of benzene rings is 1. The second-order valence-corrected chi connectivity index (χ2v) is 7.82. The first-order chi connectivity index (χ1) is 9.66. The molecule has 21 heavy (non-hydrogen) atoms. The van der Waals surface area contributed by atoms with E-state index in [1.165, 1.54) is 6.07 Å². The van der Waals surface area contributed by atoms with E-state index in [4.69, 9.17) is 38.6 Å². The molecule has 1 aromatic rings. The van der Waals surface area contributed by atoms with Crippen molar-refractivity contribution in [2.24, 2.45) is 5.92 Å². The van der Waals surface area contributed by atoms with E-state index in [1.54, 1.807) is 7.11 Å². The highest BCUT2D eigenvalue weighted by molar-refractivity contribution is 8.13. The van der Waals surface area contributed by atoms with Gasteiger partial charge in [0.25, 0.3) is 15.0 Å². The smallest absolute Gasteiger partial charge is 0.262 e. The highest BCUT2D eigenvalue weighted by atomic mass is 35.7. The fraction of sp³-hybridized carbons (Fsp3) is 0.417. The molecule has 0 radical (unpaired) electrons. The first-order valence-electron chi connectivity index (χ1n) is 5.87. The van der Waals surface area contributed by atoms with E-state index in [-0.39, 0.29) is 21.5 Å². The summed E-state index contributed by atoms with van der Waals surface area (Å²) in [4.78, 5) is 11.7. The van der Waals surface area contributed by atoms with E-state index in [0.29, 0.717) is 13.2 Å². The summed E-state index contributed by atoms with van der Waals surface area (Å²) in [6.45, 7) is 2.71. The molecule has 0 heterocycles. The summed E-state index contributed by atoms with van der Waals surface area (Å²) < 4.78 is 27.8. The van der Waals surface area contributed by atoms with Gasteiger partial charge in [-0.2, -0.15) is 0 Å². The van der Waals surface area contributed by atoms with Crippen molar-refractivity contribution in [1.82, 2.24) is 5.32 Å². The maximum absolute atomic E-state index is 12.1. The van der Waals surface area contributed by atoms with Crippen LogP contribution >= 0.6 is 33.9 Å². The topological polar surface area (TPSA) is 72.5 Å². The molecule has 0 bridgehead atoms. The van der Waals surface area contributed by atoms with Gasteiger partial charge >= 0.3 is 0 Å². The Hall–Kier alpha value is -0.530. The van der Waals surface area contributed by atoms with E-state index in [1.807, 2.05) is 6.92 Å². The quantitative estimate of drug-likeness (QED) is 0.777. The van der Waals surface area contributed by atoms with E-state index >= 15 is 0 Å². The average molecular weight is 375 g/mol. The number of carbonyl (C=O) groups excluding carboxylic acids is 1. The highest BCUT2D eigenvalue weighted by Gasteiger charge is 2.22. The maximum Gasteiger partial charge on any atom is 0.262 e. The van der Waals surface area contributed by atoms with Crippen molar-refractivity contribution in [1.29, 1.82) is 0 Å². The predicted molar refractivity (Wildman–Crippen MR) is 82.9 cm³/mol. The Morgan fingerprint density at radius 2 is 2.00 bits per heavy atom. The average Bonchev–Trinajstić information content (AvgIpc) is 2.37. The van der Waals surface area contributed by atoms with Gasteiger partial charge in [-0.1, -0.05) is 30.1 Å². The van der Waals surface area contributed by atoms with E-state index in [9.17, 15) is 13.2 Å². The Labute approximate surface area is 137 Å². The van der Waals surface area contributed by atoms with Gasteiger partial charge in [0.15, 0.2) is 0 Å². The number of ether oxygens (including phenoxy) is 1. The number of hydrogen-bond acceptors (Lipinski definition) is 4. The van der Waals surface area contributed by atoms with Crippen LogP contribution in [0, 0.1) is 5.92 Å². The van der Waals surface area contributed by atoms with Crippen LogP contribution in [-0.4, -0.2) is 34.6 Å². The van der Waals surface area contributed by atoms with Crippen LogP contribution in [0.4, 0.5) is 0 Å². The normalized spacial score (nSPS) is 13.0. The SMILES string of the molecule is COCC(C)CNC(=O)c1cc(Cl)cc(S(=O)(=O)Cl)c1Cl. The molecule has 1 amide bonds. The number of carbonyl (C=O) groups is 1. The van der Waals surface area contributed by atoms with Crippen molar-refractivity contribution in [3.63, 3.8) is 0 Å². The summed E-state index contributed by atoms with van der Waals surface area (Å²) in [6, 6.07) is 2.38. The molecule has 0 spiro atoms. The number of methoxy groups -OCH3 is 1. The molecule has 1 aromatic carbocycles. The van der Waals surface area contributed by atoms with Crippen LogP contribution in [0.5, 0.6) is 0 Å². The van der Waals surface area contributed by atoms with Crippen molar-refractivity contribution in [3.05, 3.63) is 27.7 Å². The van der Waals surface area contributed by atoms with Crippen LogP contribution in [0.3, 0.4) is 0 Å². The van der Waals surface area contributed by atoms with Crippen LogP contribution in [-0.2, 0) is 13.8 Å². The molecular formula is C12H14Cl3NO4S. The third-order valence-corrected chi connectivity index (χ3v) is 4.66. The minimum absolute atomic E-state index is 0.0481. The number of rotatable bonds is 6. The van der Waals surface area contributed by atoms with Crippen LogP contribution in [0.1, 0.15) is 17.3 Å². The number of amides is 1. The number of nitrogens with one attached hydrogen (secondary N) is 1. The van der Waals surface area contributed by atoms with E-state index in [0.717, 1.165) is 6.07 Å². The lowest BCUT2D eigenvalue weighted by Crippen LogP contribution is -2.30. The second-order valence-electron chi connectivity index (χ2n) is 4.47. The Morgan fingerprint density at radius 3 is 2.52 bits per heavy atom. The van der Waals surface area contributed by atoms with E-state index < -0.39 is 19.9 Å². The van der Waals surface area contributed by atoms with Gasteiger partial charge in [-0.25, -0.2) is 8.42 Å². The molecule has 1 rings (SSSR count). The van der Waals surface area contributed by atoms with Crippen LogP contribution in [0.15, 0.2) is 17.0 Å². The van der Waals surface area contributed by atoms with Crippen molar-refractivity contribution < 1.29 is 17.9 Å². The van der Waals surface area contributed by atoms with Crippen LogP contribution in [0.2, 0.25) is 10.0 Å². The summed E-state index contributed by atoms with van der Waals surface area (Å²) in [6.07, 6.45) is 0. The lowest BCUT2D eigenvalue weighted by atomic mass is 10.1. The third-order valence-electron chi connectivity index (χ3n) is 2.57.